The molecule has 19 heavy (non-hydrogen) atoms. The van der Waals surface area contributed by atoms with Gasteiger partial charge in [0.2, 0.25) is 0 Å². The number of hydrogen-bond donors (Lipinski definition) is 1. The van der Waals surface area contributed by atoms with Crippen LogP contribution in [-0.4, -0.2) is 17.9 Å². The van der Waals surface area contributed by atoms with E-state index in [0.29, 0.717) is 17.1 Å². The van der Waals surface area contributed by atoms with Crippen molar-refractivity contribution in [1.82, 2.24) is 4.90 Å². The van der Waals surface area contributed by atoms with Gasteiger partial charge >= 0.3 is 0 Å². The molecule has 2 rings (SSSR count). The minimum atomic E-state index is 0.0197. The van der Waals surface area contributed by atoms with E-state index in [0.717, 1.165) is 10.4 Å². The second kappa shape index (κ2) is 5.45. The lowest BCUT2D eigenvalue weighted by Crippen LogP contribution is -2.25. The highest BCUT2D eigenvalue weighted by Crippen LogP contribution is 2.24. The standard InChI is InChI=1S/C15H18N2OS/c1-10-5-4-6-12(7-10)9-17(3)15(18)14-8-13(16)11(2)19-14/h4-8H,9,16H2,1-3H3. The Morgan fingerprint density at radius 3 is 2.63 bits per heavy atom. The summed E-state index contributed by atoms with van der Waals surface area (Å²) < 4.78 is 0. The number of carbonyl (C=O) groups excluding carboxylic acids is 1. The van der Waals surface area contributed by atoms with Gasteiger partial charge in [-0.15, -0.1) is 11.3 Å². The molecule has 1 aromatic heterocycles. The number of hydrogen-bond acceptors (Lipinski definition) is 3. The molecule has 2 aromatic rings. The second-order valence-corrected chi connectivity index (χ2v) is 6.03. The first kappa shape index (κ1) is 13.6. The molecule has 0 aliphatic carbocycles. The second-order valence-electron chi connectivity index (χ2n) is 4.77. The molecule has 100 valence electrons. The first-order valence-electron chi connectivity index (χ1n) is 6.14. The molecular weight excluding hydrogens is 256 g/mol. The molecule has 0 radical (unpaired) electrons. The molecule has 1 aromatic carbocycles. The number of benzene rings is 1. The summed E-state index contributed by atoms with van der Waals surface area (Å²) in [4.78, 5) is 15.7. The van der Waals surface area contributed by atoms with E-state index in [1.165, 1.54) is 16.9 Å². The van der Waals surface area contributed by atoms with Gasteiger partial charge < -0.3 is 10.6 Å². The van der Waals surface area contributed by atoms with Crippen LogP contribution in [0, 0.1) is 13.8 Å². The monoisotopic (exact) mass is 274 g/mol. The number of anilines is 1. The van der Waals surface area contributed by atoms with Crippen LogP contribution in [0.3, 0.4) is 0 Å². The molecule has 1 heterocycles. The number of aryl methyl sites for hydroxylation is 2. The Morgan fingerprint density at radius 1 is 1.32 bits per heavy atom. The van der Waals surface area contributed by atoms with Crippen molar-refractivity contribution in [2.24, 2.45) is 0 Å². The largest absolute Gasteiger partial charge is 0.398 e. The fourth-order valence-electron chi connectivity index (χ4n) is 1.95. The summed E-state index contributed by atoms with van der Waals surface area (Å²) in [6.45, 7) is 4.59. The van der Waals surface area contributed by atoms with Crippen LogP contribution in [0.1, 0.15) is 25.7 Å². The van der Waals surface area contributed by atoms with Crippen molar-refractivity contribution in [1.29, 1.82) is 0 Å². The van der Waals surface area contributed by atoms with E-state index in [2.05, 4.69) is 19.1 Å². The van der Waals surface area contributed by atoms with E-state index < -0.39 is 0 Å². The normalized spacial score (nSPS) is 10.5. The van der Waals surface area contributed by atoms with Gasteiger partial charge in [-0.3, -0.25) is 4.79 Å². The van der Waals surface area contributed by atoms with Crippen molar-refractivity contribution in [3.8, 4) is 0 Å². The number of nitrogens with two attached hydrogens (primary N) is 1. The van der Waals surface area contributed by atoms with Gasteiger partial charge in [0.05, 0.1) is 4.88 Å². The van der Waals surface area contributed by atoms with E-state index in [9.17, 15) is 4.79 Å². The molecule has 0 atom stereocenters. The SMILES string of the molecule is Cc1cccc(CN(C)C(=O)c2cc(N)c(C)s2)c1. The first-order chi connectivity index (χ1) is 8.97. The number of amides is 1. The Bertz CT molecular complexity index is 584. The summed E-state index contributed by atoms with van der Waals surface area (Å²) in [6.07, 6.45) is 0. The molecule has 1 amide bonds. The molecule has 4 heteroatoms. The third-order valence-electron chi connectivity index (χ3n) is 3.02. The first-order valence-corrected chi connectivity index (χ1v) is 6.96. The fourth-order valence-corrected chi connectivity index (χ4v) is 2.88. The van der Waals surface area contributed by atoms with Gasteiger partial charge in [0.1, 0.15) is 0 Å². The molecule has 2 N–H and O–H groups in total. The average Bonchev–Trinajstić information content (AvgIpc) is 2.68. The Kier molecular flexibility index (Phi) is 3.90. The zero-order valence-electron chi connectivity index (χ0n) is 11.4. The molecule has 0 aliphatic heterocycles. The van der Waals surface area contributed by atoms with Crippen molar-refractivity contribution >= 4 is 22.9 Å². The van der Waals surface area contributed by atoms with Crippen molar-refractivity contribution in [3.05, 3.63) is 51.2 Å². The summed E-state index contributed by atoms with van der Waals surface area (Å²) >= 11 is 1.45. The fraction of sp³-hybridized carbons (Fsp3) is 0.267. The third kappa shape index (κ3) is 3.15. The van der Waals surface area contributed by atoms with Crippen LogP contribution in [0.5, 0.6) is 0 Å². The lowest BCUT2D eigenvalue weighted by Gasteiger charge is -2.16. The summed E-state index contributed by atoms with van der Waals surface area (Å²) in [5.41, 5.74) is 8.82. The summed E-state index contributed by atoms with van der Waals surface area (Å²) in [7, 11) is 1.82. The van der Waals surface area contributed by atoms with Crippen LogP contribution in [-0.2, 0) is 6.54 Å². The lowest BCUT2D eigenvalue weighted by atomic mass is 10.1. The van der Waals surface area contributed by atoms with Crippen LogP contribution >= 0.6 is 11.3 Å². The molecule has 0 unspecified atom stereocenters. The van der Waals surface area contributed by atoms with E-state index in [4.69, 9.17) is 5.73 Å². The van der Waals surface area contributed by atoms with Crippen LogP contribution in [0.15, 0.2) is 30.3 Å². The summed E-state index contributed by atoms with van der Waals surface area (Å²) in [6, 6.07) is 9.95. The molecule has 0 bridgehead atoms. The van der Waals surface area contributed by atoms with Crippen LogP contribution in [0.25, 0.3) is 0 Å². The number of thiophene rings is 1. The van der Waals surface area contributed by atoms with Gasteiger partial charge in [0.25, 0.3) is 5.91 Å². The maximum absolute atomic E-state index is 12.3. The number of nitrogens with zero attached hydrogens (tertiary/aromatic N) is 1. The molecule has 0 saturated carbocycles. The van der Waals surface area contributed by atoms with Gasteiger partial charge in [-0.2, -0.15) is 0 Å². The van der Waals surface area contributed by atoms with E-state index in [1.807, 2.05) is 26.1 Å². The van der Waals surface area contributed by atoms with Gasteiger partial charge in [0.15, 0.2) is 0 Å². The zero-order valence-corrected chi connectivity index (χ0v) is 12.3. The van der Waals surface area contributed by atoms with Crippen LogP contribution < -0.4 is 5.73 Å². The minimum Gasteiger partial charge on any atom is -0.398 e. The Labute approximate surface area is 117 Å². The molecule has 0 fully saturated rings. The predicted molar refractivity (Wildman–Crippen MR) is 80.4 cm³/mol. The van der Waals surface area contributed by atoms with Crippen molar-refractivity contribution < 1.29 is 4.79 Å². The van der Waals surface area contributed by atoms with Crippen molar-refractivity contribution in [3.63, 3.8) is 0 Å². The Balaban J connectivity index is 2.11. The topological polar surface area (TPSA) is 46.3 Å². The van der Waals surface area contributed by atoms with Crippen molar-refractivity contribution in [2.45, 2.75) is 20.4 Å². The average molecular weight is 274 g/mol. The molecule has 3 nitrogen and oxygen atoms in total. The van der Waals surface area contributed by atoms with E-state index in [-0.39, 0.29) is 5.91 Å². The summed E-state index contributed by atoms with van der Waals surface area (Å²) in [5, 5.41) is 0. The van der Waals surface area contributed by atoms with Gasteiger partial charge in [0, 0.05) is 24.2 Å². The highest BCUT2D eigenvalue weighted by atomic mass is 32.1. The zero-order chi connectivity index (χ0) is 14.0. The van der Waals surface area contributed by atoms with Gasteiger partial charge in [-0.1, -0.05) is 29.8 Å². The molecular formula is C15H18N2OS. The summed E-state index contributed by atoms with van der Waals surface area (Å²) in [5.74, 6) is 0.0197. The number of rotatable bonds is 3. The third-order valence-corrected chi connectivity index (χ3v) is 4.07. The smallest absolute Gasteiger partial charge is 0.264 e. The molecule has 0 aliphatic rings. The maximum Gasteiger partial charge on any atom is 0.264 e. The number of nitrogen functional groups attached to an aromatic ring is 1. The highest BCUT2D eigenvalue weighted by molar-refractivity contribution is 7.14. The van der Waals surface area contributed by atoms with Gasteiger partial charge in [-0.05, 0) is 25.5 Å². The van der Waals surface area contributed by atoms with E-state index >= 15 is 0 Å². The van der Waals surface area contributed by atoms with Gasteiger partial charge in [-0.25, -0.2) is 0 Å². The predicted octanol–water partition coefficient (Wildman–Crippen LogP) is 3.22. The number of carbonyl (C=O) groups is 1. The Hall–Kier alpha value is -1.81. The molecule has 0 saturated heterocycles. The van der Waals surface area contributed by atoms with Crippen LogP contribution in [0.4, 0.5) is 5.69 Å². The minimum absolute atomic E-state index is 0.0197. The molecule has 0 spiro atoms. The lowest BCUT2D eigenvalue weighted by molar-refractivity contribution is 0.0790. The maximum atomic E-state index is 12.3. The van der Waals surface area contributed by atoms with Crippen LogP contribution in [0.2, 0.25) is 0 Å². The highest BCUT2D eigenvalue weighted by Gasteiger charge is 2.15. The van der Waals surface area contributed by atoms with E-state index in [1.54, 1.807) is 11.0 Å². The Morgan fingerprint density at radius 2 is 2.05 bits per heavy atom. The quantitative estimate of drug-likeness (QED) is 0.934. The van der Waals surface area contributed by atoms with Crippen molar-refractivity contribution in [2.75, 3.05) is 12.8 Å².